The molecule has 5 nitrogen and oxygen atoms in total. The molecule has 1 saturated heterocycles. The van der Waals surface area contributed by atoms with Crippen molar-refractivity contribution in [2.45, 2.75) is 38.3 Å². The summed E-state index contributed by atoms with van der Waals surface area (Å²) in [5, 5.41) is 17.9. The van der Waals surface area contributed by atoms with E-state index in [-0.39, 0.29) is 0 Å². The van der Waals surface area contributed by atoms with Gasteiger partial charge in [-0.3, -0.25) is 4.68 Å². The molecule has 1 aliphatic rings. The van der Waals surface area contributed by atoms with Crippen molar-refractivity contribution in [2.75, 3.05) is 19.8 Å². The molecule has 0 amide bonds. The summed E-state index contributed by atoms with van der Waals surface area (Å²) in [5.74, 6) is 0.418. The van der Waals surface area contributed by atoms with E-state index in [1.165, 1.54) is 5.56 Å². The van der Waals surface area contributed by atoms with Crippen molar-refractivity contribution in [3.05, 3.63) is 17.5 Å². The molecule has 2 rings (SSSR count). The average molecular weight is 253 g/mol. The predicted octanol–water partition coefficient (Wildman–Crippen LogP) is 0.784. The van der Waals surface area contributed by atoms with Gasteiger partial charge in [-0.25, -0.2) is 0 Å². The monoisotopic (exact) mass is 253 g/mol. The Morgan fingerprint density at radius 1 is 1.61 bits per heavy atom. The molecule has 0 saturated carbocycles. The van der Waals surface area contributed by atoms with Gasteiger partial charge in [-0.2, -0.15) is 5.10 Å². The van der Waals surface area contributed by atoms with E-state index in [9.17, 15) is 5.11 Å². The molecule has 1 atom stereocenters. The summed E-state index contributed by atoms with van der Waals surface area (Å²) in [7, 11) is 1.94. The first kappa shape index (κ1) is 13.5. The Labute approximate surface area is 108 Å². The zero-order chi connectivity index (χ0) is 13.2. The lowest BCUT2D eigenvalue weighted by Crippen LogP contribution is -2.40. The molecule has 1 unspecified atom stereocenters. The molecule has 0 aliphatic carbocycles. The summed E-state index contributed by atoms with van der Waals surface area (Å²) in [6.07, 6.45) is 2.75. The van der Waals surface area contributed by atoms with Crippen LogP contribution in [0.1, 0.15) is 37.4 Å². The topological polar surface area (TPSA) is 59.3 Å². The lowest BCUT2D eigenvalue weighted by molar-refractivity contribution is 0.0268. The van der Waals surface area contributed by atoms with Crippen LogP contribution in [0.4, 0.5) is 0 Å². The van der Waals surface area contributed by atoms with Gasteiger partial charge in [-0.1, -0.05) is 13.8 Å². The first-order valence-electron chi connectivity index (χ1n) is 6.53. The summed E-state index contributed by atoms with van der Waals surface area (Å²) in [6, 6.07) is 0. The predicted molar refractivity (Wildman–Crippen MR) is 69.4 cm³/mol. The van der Waals surface area contributed by atoms with E-state index in [1.807, 2.05) is 17.9 Å². The molecule has 0 bridgehead atoms. The molecule has 1 aromatic heterocycles. The molecular formula is C13H23N3O2. The second-order valence-corrected chi connectivity index (χ2v) is 5.50. The largest absolute Gasteiger partial charge is 0.386 e. The minimum absolute atomic E-state index is 0.418. The molecule has 0 aromatic carbocycles. The quantitative estimate of drug-likeness (QED) is 0.814. The smallest absolute Gasteiger partial charge is 0.102 e. The number of rotatable bonds is 5. The van der Waals surface area contributed by atoms with Gasteiger partial charge in [0.05, 0.1) is 12.3 Å². The van der Waals surface area contributed by atoms with Gasteiger partial charge in [-0.05, 0) is 5.92 Å². The third-order valence-corrected chi connectivity index (χ3v) is 3.34. The van der Waals surface area contributed by atoms with Crippen LogP contribution < -0.4 is 5.32 Å². The second-order valence-electron chi connectivity index (χ2n) is 5.50. The number of aliphatic hydroxyl groups is 1. The van der Waals surface area contributed by atoms with Crippen LogP contribution in [0.2, 0.25) is 0 Å². The van der Waals surface area contributed by atoms with Crippen LogP contribution in [0.15, 0.2) is 6.20 Å². The summed E-state index contributed by atoms with van der Waals surface area (Å²) >= 11 is 0. The Morgan fingerprint density at radius 2 is 2.39 bits per heavy atom. The van der Waals surface area contributed by atoms with Gasteiger partial charge in [0.2, 0.25) is 0 Å². The lowest BCUT2D eigenvalue weighted by atomic mass is 10.0. The minimum Gasteiger partial charge on any atom is -0.386 e. The molecule has 102 valence electrons. The minimum atomic E-state index is -0.694. The molecule has 0 radical (unpaired) electrons. The van der Waals surface area contributed by atoms with Gasteiger partial charge in [0, 0.05) is 44.9 Å². The van der Waals surface area contributed by atoms with Gasteiger partial charge < -0.3 is 15.2 Å². The van der Waals surface area contributed by atoms with Gasteiger partial charge >= 0.3 is 0 Å². The Bertz CT molecular complexity index is 395. The van der Waals surface area contributed by atoms with E-state index < -0.39 is 5.60 Å². The molecule has 2 N–H and O–H groups in total. The van der Waals surface area contributed by atoms with Crippen LogP contribution in [-0.2, 0) is 18.3 Å². The Hall–Kier alpha value is -0.910. The van der Waals surface area contributed by atoms with E-state index in [0.717, 1.165) is 12.2 Å². The van der Waals surface area contributed by atoms with Crippen LogP contribution in [0.3, 0.4) is 0 Å². The lowest BCUT2D eigenvalue weighted by Gasteiger charge is -2.20. The second kappa shape index (κ2) is 5.38. The highest BCUT2D eigenvalue weighted by atomic mass is 16.5. The van der Waals surface area contributed by atoms with Crippen LogP contribution >= 0.6 is 0 Å². The molecule has 5 heteroatoms. The third kappa shape index (κ3) is 3.10. The van der Waals surface area contributed by atoms with Crippen LogP contribution in [0, 0.1) is 0 Å². The number of ether oxygens (including phenoxy) is 1. The van der Waals surface area contributed by atoms with Gasteiger partial charge in [0.25, 0.3) is 0 Å². The number of hydrogen-bond acceptors (Lipinski definition) is 4. The third-order valence-electron chi connectivity index (χ3n) is 3.34. The normalized spacial score (nSPS) is 24.1. The summed E-state index contributed by atoms with van der Waals surface area (Å²) in [5.41, 5.74) is 1.63. The number of hydrogen-bond donors (Lipinski definition) is 2. The number of nitrogens with zero attached hydrogens (tertiary/aromatic N) is 2. The van der Waals surface area contributed by atoms with Crippen LogP contribution in [0.5, 0.6) is 0 Å². The maximum Gasteiger partial charge on any atom is 0.102 e. The average Bonchev–Trinajstić information content (AvgIpc) is 2.86. The molecular weight excluding hydrogens is 230 g/mol. The Kier molecular flexibility index (Phi) is 4.04. The first-order chi connectivity index (χ1) is 8.50. The Balaban J connectivity index is 1.90. The van der Waals surface area contributed by atoms with Crippen LogP contribution in [0.25, 0.3) is 0 Å². The highest BCUT2D eigenvalue weighted by molar-refractivity contribution is 5.20. The SMILES string of the molecule is CC(C)c1nn(C)cc1CNCC1(O)CCOC1. The van der Waals surface area contributed by atoms with E-state index in [4.69, 9.17) is 4.74 Å². The van der Waals surface area contributed by atoms with Crippen molar-refractivity contribution in [3.8, 4) is 0 Å². The zero-order valence-corrected chi connectivity index (χ0v) is 11.4. The Morgan fingerprint density at radius 3 is 3.00 bits per heavy atom. The van der Waals surface area contributed by atoms with E-state index >= 15 is 0 Å². The van der Waals surface area contributed by atoms with Gasteiger partial charge in [-0.15, -0.1) is 0 Å². The summed E-state index contributed by atoms with van der Waals surface area (Å²) in [4.78, 5) is 0. The van der Waals surface area contributed by atoms with Gasteiger partial charge in [0.1, 0.15) is 5.60 Å². The van der Waals surface area contributed by atoms with Crippen molar-refractivity contribution in [1.29, 1.82) is 0 Å². The fraction of sp³-hybridized carbons (Fsp3) is 0.769. The van der Waals surface area contributed by atoms with Gasteiger partial charge in [0.15, 0.2) is 0 Å². The maximum atomic E-state index is 10.1. The van der Waals surface area contributed by atoms with E-state index in [0.29, 0.717) is 32.1 Å². The van der Waals surface area contributed by atoms with Crippen molar-refractivity contribution >= 4 is 0 Å². The first-order valence-corrected chi connectivity index (χ1v) is 6.53. The van der Waals surface area contributed by atoms with Crippen molar-refractivity contribution in [2.24, 2.45) is 7.05 Å². The maximum absolute atomic E-state index is 10.1. The highest BCUT2D eigenvalue weighted by Gasteiger charge is 2.31. The van der Waals surface area contributed by atoms with Crippen LogP contribution in [-0.4, -0.2) is 40.2 Å². The number of aromatic nitrogens is 2. The standard InChI is InChI=1S/C13H23N3O2/c1-10(2)12-11(7-16(3)15-12)6-14-8-13(17)4-5-18-9-13/h7,10,14,17H,4-6,8-9H2,1-3H3. The highest BCUT2D eigenvalue weighted by Crippen LogP contribution is 2.19. The van der Waals surface area contributed by atoms with Crippen molar-refractivity contribution < 1.29 is 9.84 Å². The molecule has 2 heterocycles. The van der Waals surface area contributed by atoms with Crippen molar-refractivity contribution in [1.82, 2.24) is 15.1 Å². The molecule has 0 spiro atoms. The molecule has 1 aromatic rings. The van der Waals surface area contributed by atoms with Crippen molar-refractivity contribution in [3.63, 3.8) is 0 Å². The number of nitrogens with one attached hydrogen (secondary N) is 1. The zero-order valence-electron chi connectivity index (χ0n) is 11.4. The molecule has 1 fully saturated rings. The van der Waals surface area contributed by atoms with E-state index in [1.54, 1.807) is 0 Å². The van der Waals surface area contributed by atoms with E-state index in [2.05, 4.69) is 24.3 Å². The summed E-state index contributed by atoms with van der Waals surface area (Å²) in [6.45, 7) is 6.68. The fourth-order valence-corrected chi connectivity index (χ4v) is 2.34. The summed E-state index contributed by atoms with van der Waals surface area (Å²) < 4.78 is 7.07. The fourth-order valence-electron chi connectivity index (χ4n) is 2.34. The molecule has 18 heavy (non-hydrogen) atoms. The number of aryl methyl sites for hydroxylation is 1. The molecule has 1 aliphatic heterocycles.